The number of halogens is 4. The van der Waals surface area contributed by atoms with Crippen LogP contribution in [0.1, 0.15) is 5.56 Å². The number of hydrogen-bond donors (Lipinski definition) is 0. The minimum absolute atomic E-state index is 0.368. The van der Waals surface area contributed by atoms with Crippen LogP contribution in [0.5, 0.6) is 0 Å². The summed E-state index contributed by atoms with van der Waals surface area (Å²) in [4.78, 5) is 0.368. The molecule has 0 radical (unpaired) electrons. The molecule has 0 aliphatic carbocycles. The van der Waals surface area contributed by atoms with E-state index in [1.807, 2.05) is 0 Å². The van der Waals surface area contributed by atoms with Gasteiger partial charge in [-0.3, -0.25) is 4.21 Å². The fourth-order valence-electron chi connectivity index (χ4n) is 1.50. The molecule has 1 unspecified atom stereocenters. The Morgan fingerprint density at radius 1 is 0.947 bits per heavy atom. The zero-order valence-electron chi connectivity index (χ0n) is 9.50. The van der Waals surface area contributed by atoms with Crippen molar-refractivity contribution in [2.24, 2.45) is 0 Å². The molecular formula is C13H8ClF3OS. The molecule has 0 aliphatic rings. The molecular weight excluding hydrogens is 297 g/mol. The second kappa shape index (κ2) is 5.75. The smallest absolute Gasteiger partial charge is 0.165 e. The van der Waals surface area contributed by atoms with Crippen molar-refractivity contribution in [3.63, 3.8) is 0 Å². The van der Waals surface area contributed by atoms with Gasteiger partial charge in [0.05, 0.1) is 16.6 Å². The summed E-state index contributed by atoms with van der Waals surface area (Å²) in [7, 11) is -1.68. The van der Waals surface area contributed by atoms with E-state index in [0.717, 1.165) is 6.07 Å². The molecule has 0 aromatic heterocycles. The van der Waals surface area contributed by atoms with E-state index in [2.05, 4.69) is 0 Å². The molecule has 0 aliphatic heterocycles. The molecule has 1 nitrogen and oxygen atoms in total. The average Bonchev–Trinajstić information content (AvgIpc) is 2.40. The van der Waals surface area contributed by atoms with Crippen molar-refractivity contribution >= 4 is 22.4 Å². The second-order valence-corrected chi connectivity index (χ2v) is 5.65. The summed E-state index contributed by atoms with van der Waals surface area (Å²) in [5.74, 6) is -3.81. The normalized spacial score (nSPS) is 12.4. The molecule has 0 heterocycles. The first kappa shape index (κ1) is 14.1. The molecule has 100 valence electrons. The summed E-state index contributed by atoms with van der Waals surface area (Å²) >= 11 is 5.68. The SMILES string of the molecule is O=S(Cc1c(F)ccc(F)c1F)c1ccc(Cl)cc1. The Morgan fingerprint density at radius 2 is 1.53 bits per heavy atom. The molecule has 0 N–H and O–H groups in total. The van der Waals surface area contributed by atoms with Crippen molar-refractivity contribution in [2.45, 2.75) is 10.6 Å². The first-order valence-electron chi connectivity index (χ1n) is 5.25. The lowest BCUT2D eigenvalue weighted by Gasteiger charge is -2.06. The van der Waals surface area contributed by atoms with Crippen LogP contribution in [-0.2, 0) is 16.6 Å². The maximum absolute atomic E-state index is 13.4. The fraction of sp³-hybridized carbons (Fsp3) is 0.0769. The molecule has 19 heavy (non-hydrogen) atoms. The Balaban J connectivity index is 2.29. The minimum atomic E-state index is -1.68. The van der Waals surface area contributed by atoms with Crippen LogP contribution in [0.2, 0.25) is 5.02 Å². The maximum Gasteiger partial charge on any atom is 0.165 e. The van der Waals surface area contributed by atoms with Crippen LogP contribution in [0.4, 0.5) is 13.2 Å². The van der Waals surface area contributed by atoms with Gasteiger partial charge in [0.1, 0.15) is 5.82 Å². The highest BCUT2D eigenvalue weighted by Crippen LogP contribution is 2.21. The lowest BCUT2D eigenvalue weighted by molar-refractivity contribution is 0.484. The van der Waals surface area contributed by atoms with E-state index in [9.17, 15) is 17.4 Å². The lowest BCUT2D eigenvalue weighted by Crippen LogP contribution is -2.04. The highest BCUT2D eigenvalue weighted by atomic mass is 35.5. The highest BCUT2D eigenvalue weighted by molar-refractivity contribution is 7.84. The average molecular weight is 305 g/mol. The van der Waals surface area contributed by atoms with Crippen molar-refractivity contribution in [1.29, 1.82) is 0 Å². The first-order valence-corrected chi connectivity index (χ1v) is 6.95. The number of benzene rings is 2. The Hall–Kier alpha value is -1.33. The van der Waals surface area contributed by atoms with Gasteiger partial charge < -0.3 is 0 Å². The van der Waals surface area contributed by atoms with Crippen LogP contribution in [0.3, 0.4) is 0 Å². The van der Waals surface area contributed by atoms with Gasteiger partial charge in [-0.15, -0.1) is 0 Å². The molecule has 0 saturated heterocycles. The van der Waals surface area contributed by atoms with Crippen molar-refractivity contribution in [2.75, 3.05) is 0 Å². The molecule has 2 aromatic carbocycles. The monoisotopic (exact) mass is 304 g/mol. The minimum Gasteiger partial charge on any atom is -0.254 e. The molecule has 2 rings (SSSR count). The van der Waals surface area contributed by atoms with E-state index in [1.54, 1.807) is 0 Å². The van der Waals surface area contributed by atoms with E-state index >= 15 is 0 Å². The van der Waals surface area contributed by atoms with Gasteiger partial charge in [-0.1, -0.05) is 11.6 Å². The van der Waals surface area contributed by atoms with Crippen LogP contribution in [0, 0.1) is 17.5 Å². The highest BCUT2D eigenvalue weighted by Gasteiger charge is 2.17. The van der Waals surface area contributed by atoms with Crippen molar-refractivity contribution in [3.8, 4) is 0 Å². The molecule has 0 bridgehead atoms. The molecule has 0 spiro atoms. The van der Waals surface area contributed by atoms with E-state index in [1.165, 1.54) is 24.3 Å². The Kier molecular flexibility index (Phi) is 4.27. The summed E-state index contributed by atoms with van der Waals surface area (Å²) < 4.78 is 51.8. The Bertz CT molecular complexity index is 629. The lowest BCUT2D eigenvalue weighted by atomic mass is 10.2. The third-order valence-corrected chi connectivity index (χ3v) is 4.09. The summed E-state index contributed by atoms with van der Waals surface area (Å²) in [5.41, 5.74) is -0.520. The molecule has 2 aromatic rings. The standard InChI is InChI=1S/C13H8ClF3OS/c14-8-1-3-9(4-2-8)19(18)7-10-11(15)5-6-12(16)13(10)17/h1-6H,7H2. The summed E-state index contributed by atoms with van der Waals surface area (Å²) in [6.45, 7) is 0. The van der Waals surface area contributed by atoms with Crippen LogP contribution in [0.15, 0.2) is 41.3 Å². The fourth-order valence-corrected chi connectivity index (χ4v) is 2.76. The number of hydrogen-bond acceptors (Lipinski definition) is 1. The van der Waals surface area contributed by atoms with Gasteiger partial charge in [0, 0.05) is 15.5 Å². The largest absolute Gasteiger partial charge is 0.254 e. The van der Waals surface area contributed by atoms with Gasteiger partial charge in [0.25, 0.3) is 0 Å². The van der Waals surface area contributed by atoms with Crippen molar-refractivity contribution < 1.29 is 17.4 Å². The van der Waals surface area contributed by atoms with Crippen LogP contribution in [-0.4, -0.2) is 4.21 Å². The van der Waals surface area contributed by atoms with Gasteiger partial charge in [-0.2, -0.15) is 0 Å². The van der Waals surface area contributed by atoms with Crippen LogP contribution in [0.25, 0.3) is 0 Å². The van der Waals surface area contributed by atoms with E-state index in [-0.39, 0.29) is 0 Å². The summed E-state index contributed by atoms with van der Waals surface area (Å²) in [6.07, 6.45) is 0. The zero-order chi connectivity index (χ0) is 14.0. The van der Waals surface area contributed by atoms with E-state index < -0.39 is 39.6 Å². The zero-order valence-corrected chi connectivity index (χ0v) is 11.1. The predicted octanol–water partition coefficient (Wildman–Crippen LogP) is 4.07. The molecule has 0 fully saturated rings. The topological polar surface area (TPSA) is 17.1 Å². The molecule has 0 saturated carbocycles. The molecule has 0 amide bonds. The number of rotatable bonds is 3. The van der Waals surface area contributed by atoms with Crippen molar-refractivity contribution in [1.82, 2.24) is 0 Å². The third-order valence-electron chi connectivity index (χ3n) is 2.49. The van der Waals surface area contributed by atoms with Gasteiger partial charge in [0.2, 0.25) is 0 Å². The maximum atomic E-state index is 13.4. The Morgan fingerprint density at radius 3 is 2.16 bits per heavy atom. The van der Waals surface area contributed by atoms with Gasteiger partial charge in [-0.05, 0) is 36.4 Å². The molecule has 1 atom stereocenters. The van der Waals surface area contributed by atoms with Gasteiger partial charge >= 0.3 is 0 Å². The first-order chi connectivity index (χ1) is 8.99. The van der Waals surface area contributed by atoms with E-state index in [4.69, 9.17) is 11.6 Å². The summed E-state index contributed by atoms with van der Waals surface area (Å²) in [6, 6.07) is 7.54. The Labute approximate surface area is 115 Å². The van der Waals surface area contributed by atoms with Crippen LogP contribution < -0.4 is 0 Å². The quantitative estimate of drug-likeness (QED) is 0.781. The van der Waals surface area contributed by atoms with E-state index in [0.29, 0.717) is 16.0 Å². The molecule has 6 heteroatoms. The second-order valence-electron chi connectivity index (χ2n) is 3.77. The van der Waals surface area contributed by atoms with Crippen molar-refractivity contribution in [3.05, 3.63) is 64.4 Å². The predicted molar refractivity (Wildman–Crippen MR) is 67.9 cm³/mol. The third kappa shape index (κ3) is 3.16. The van der Waals surface area contributed by atoms with Gasteiger partial charge in [0.15, 0.2) is 11.6 Å². The van der Waals surface area contributed by atoms with Crippen LogP contribution >= 0.6 is 11.6 Å². The van der Waals surface area contributed by atoms with Gasteiger partial charge in [-0.25, -0.2) is 13.2 Å². The summed E-state index contributed by atoms with van der Waals surface area (Å²) in [5, 5.41) is 0.462.